The molecule has 180 valence electrons. The summed E-state index contributed by atoms with van der Waals surface area (Å²) >= 11 is 6.24. The van der Waals surface area contributed by atoms with Crippen molar-refractivity contribution in [3.8, 4) is 11.3 Å². The Morgan fingerprint density at radius 1 is 1.09 bits per heavy atom. The Hall–Kier alpha value is -3.84. The predicted molar refractivity (Wildman–Crippen MR) is 138 cm³/mol. The monoisotopic (exact) mass is 490 g/mol. The van der Waals surface area contributed by atoms with Gasteiger partial charge in [-0.1, -0.05) is 74.3 Å². The first-order valence-corrected chi connectivity index (χ1v) is 11.8. The predicted octanol–water partition coefficient (Wildman–Crippen LogP) is 5.50. The van der Waals surface area contributed by atoms with E-state index in [1.165, 1.54) is 0 Å². The van der Waals surface area contributed by atoms with Gasteiger partial charge in [-0.2, -0.15) is 0 Å². The van der Waals surface area contributed by atoms with Crippen LogP contribution in [0.15, 0.2) is 72.9 Å². The number of hydrogen-bond donors (Lipinski definition) is 3. The number of fused-ring (bicyclic) bond motifs is 1. The SMILES string of the molecule is CCC(C)C(NC(=O)c1ccn2c(NCc3ccccc3)c(-c3cccc(Cl)c3)nc2c1)C(=O)O. The van der Waals surface area contributed by atoms with Crippen LogP contribution in [-0.4, -0.2) is 32.4 Å². The molecule has 1 amide bonds. The average Bonchev–Trinajstić information content (AvgIpc) is 3.23. The van der Waals surface area contributed by atoms with Gasteiger partial charge in [-0.3, -0.25) is 9.20 Å². The van der Waals surface area contributed by atoms with Gasteiger partial charge in [0.05, 0.1) is 0 Å². The van der Waals surface area contributed by atoms with E-state index in [4.69, 9.17) is 16.6 Å². The summed E-state index contributed by atoms with van der Waals surface area (Å²) in [6, 6.07) is 19.8. The van der Waals surface area contributed by atoms with Crippen LogP contribution in [-0.2, 0) is 11.3 Å². The van der Waals surface area contributed by atoms with Crippen molar-refractivity contribution in [2.24, 2.45) is 5.92 Å². The van der Waals surface area contributed by atoms with Gasteiger partial charge in [0, 0.05) is 28.9 Å². The molecule has 0 bridgehead atoms. The summed E-state index contributed by atoms with van der Waals surface area (Å²) in [5.74, 6) is -0.938. The molecule has 0 aliphatic rings. The summed E-state index contributed by atoms with van der Waals surface area (Å²) in [5, 5.41) is 16.2. The maximum absolute atomic E-state index is 12.9. The zero-order valence-corrected chi connectivity index (χ0v) is 20.3. The molecule has 3 N–H and O–H groups in total. The largest absolute Gasteiger partial charge is 0.480 e. The summed E-state index contributed by atoms with van der Waals surface area (Å²) in [5.41, 5.74) is 3.54. The fraction of sp³-hybridized carbons (Fsp3) is 0.222. The number of halogens is 1. The van der Waals surface area contributed by atoms with Gasteiger partial charge in [-0.05, 0) is 35.7 Å². The van der Waals surface area contributed by atoms with Crippen molar-refractivity contribution in [3.63, 3.8) is 0 Å². The lowest BCUT2D eigenvalue weighted by atomic mass is 9.99. The maximum Gasteiger partial charge on any atom is 0.326 e. The highest BCUT2D eigenvalue weighted by Crippen LogP contribution is 2.31. The van der Waals surface area contributed by atoms with E-state index in [0.717, 1.165) is 16.9 Å². The normalized spacial score (nSPS) is 12.8. The molecule has 2 heterocycles. The molecule has 2 aromatic carbocycles. The van der Waals surface area contributed by atoms with Crippen molar-refractivity contribution in [2.75, 3.05) is 5.32 Å². The number of nitrogens with zero attached hydrogens (tertiary/aromatic N) is 2. The van der Waals surface area contributed by atoms with Gasteiger partial charge in [0.15, 0.2) is 0 Å². The molecule has 0 aliphatic carbocycles. The molecular weight excluding hydrogens is 464 g/mol. The van der Waals surface area contributed by atoms with E-state index >= 15 is 0 Å². The third-order valence-corrected chi connectivity index (χ3v) is 6.29. The van der Waals surface area contributed by atoms with Crippen molar-refractivity contribution in [1.29, 1.82) is 0 Å². The van der Waals surface area contributed by atoms with Gasteiger partial charge < -0.3 is 15.7 Å². The number of nitrogens with one attached hydrogen (secondary N) is 2. The van der Waals surface area contributed by atoms with Crippen LogP contribution in [0.3, 0.4) is 0 Å². The first-order chi connectivity index (χ1) is 16.9. The molecule has 0 saturated heterocycles. The Balaban J connectivity index is 1.71. The van der Waals surface area contributed by atoms with Crippen molar-refractivity contribution in [1.82, 2.24) is 14.7 Å². The summed E-state index contributed by atoms with van der Waals surface area (Å²) in [6.07, 6.45) is 2.40. The van der Waals surface area contributed by atoms with Crippen LogP contribution >= 0.6 is 11.6 Å². The van der Waals surface area contributed by atoms with Crippen LogP contribution in [0.2, 0.25) is 5.02 Å². The number of amides is 1. The number of rotatable bonds is 9. The van der Waals surface area contributed by atoms with Crippen LogP contribution < -0.4 is 10.6 Å². The fourth-order valence-corrected chi connectivity index (χ4v) is 4.07. The molecule has 4 rings (SSSR count). The quantitative estimate of drug-likeness (QED) is 0.288. The maximum atomic E-state index is 12.9. The Morgan fingerprint density at radius 3 is 2.54 bits per heavy atom. The number of carbonyl (C=O) groups is 2. The third kappa shape index (κ3) is 5.46. The van der Waals surface area contributed by atoms with Gasteiger partial charge in [-0.25, -0.2) is 9.78 Å². The van der Waals surface area contributed by atoms with Crippen LogP contribution in [0, 0.1) is 5.92 Å². The average molecular weight is 491 g/mol. The molecule has 2 unspecified atom stereocenters. The molecular formula is C27H27ClN4O3. The first kappa shape index (κ1) is 24.3. The first-order valence-electron chi connectivity index (χ1n) is 11.5. The number of aliphatic carboxylic acids is 1. The Bertz CT molecular complexity index is 1350. The van der Waals surface area contributed by atoms with Crippen molar-refractivity contribution < 1.29 is 14.7 Å². The van der Waals surface area contributed by atoms with E-state index in [2.05, 4.69) is 10.6 Å². The second-order valence-corrected chi connectivity index (χ2v) is 8.91. The second-order valence-electron chi connectivity index (χ2n) is 8.48. The van der Waals surface area contributed by atoms with Gasteiger partial charge in [0.1, 0.15) is 23.2 Å². The molecule has 2 atom stereocenters. The minimum absolute atomic E-state index is 0.199. The molecule has 7 nitrogen and oxygen atoms in total. The van der Waals surface area contributed by atoms with E-state index in [-0.39, 0.29) is 5.92 Å². The number of carboxylic acid groups (broad SMARTS) is 1. The lowest BCUT2D eigenvalue weighted by molar-refractivity contribution is -0.140. The van der Waals surface area contributed by atoms with Crippen molar-refractivity contribution >= 4 is 34.9 Å². The van der Waals surface area contributed by atoms with Gasteiger partial charge in [-0.15, -0.1) is 0 Å². The summed E-state index contributed by atoms with van der Waals surface area (Å²) in [6.45, 7) is 4.28. The van der Waals surface area contributed by atoms with Crippen LogP contribution in [0.25, 0.3) is 16.9 Å². The lowest BCUT2D eigenvalue weighted by Crippen LogP contribution is -2.45. The molecule has 0 spiro atoms. The number of imidazole rings is 1. The molecule has 0 saturated carbocycles. The lowest BCUT2D eigenvalue weighted by Gasteiger charge is -2.20. The Labute approximate surface area is 208 Å². The zero-order valence-electron chi connectivity index (χ0n) is 19.5. The second kappa shape index (κ2) is 10.6. The van der Waals surface area contributed by atoms with E-state index in [9.17, 15) is 14.7 Å². The highest BCUT2D eigenvalue weighted by molar-refractivity contribution is 6.30. The zero-order chi connectivity index (χ0) is 24.9. The number of benzene rings is 2. The molecule has 35 heavy (non-hydrogen) atoms. The van der Waals surface area contributed by atoms with Gasteiger partial charge in [0.25, 0.3) is 5.91 Å². The number of pyridine rings is 1. The minimum Gasteiger partial charge on any atom is -0.480 e. The number of carboxylic acids is 1. The van der Waals surface area contributed by atoms with Crippen LogP contribution in [0.5, 0.6) is 0 Å². The van der Waals surface area contributed by atoms with Crippen LogP contribution in [0.4, 0.5) is 5.82 Å². The van der Waals surface area contributed by atoms with Crippen molar-refractivity contribution in [2.45, 2.75) is 32.9 Å². The standard InChI is InChI=1S/C27H27ClN4O3/c1-3-17(2)23(27(34)35)31-26(33)20-12-13-32-22(15-20)30-24(19-10-7-11-21(28)14-19)25(32)29-16-18-8-5-4-6-9-18/h4-15,17,23,29H,3,16H2,1-2H3,(H,31,33)(H,34,35). The van der Waals surface area contributed by atoms with Gasteiger partial charge in [0.2, 0.25) is 0 Å². The fourth-order valence-electron chi connectivity index (χ4n) is 3.88. The van der Waals surface area contributed by atoms with E-state index in [0.29, 0.717) is 34.9 Å². The Morgan fingerprint density at radius 2 is 1.86 bits per heavy atom. The molecule has 0 fully saturated rings. The smallest absolute Gasteiger partial charge is 0.326 e. The number of carbonyl (C=O) groups excluding carboxylic acids is 1. The van der Waals surface area contributed by atoms with E-state index in [1.54, 1.807) is 31.3 Å². The van der Waals surface area contributed by atoms with E-state index < -0.39 is 17.9 Å². The molecule has 0 aliphatic heterocycles. The molecule has 0 radical (unpaired) electrons. The third-order valence-electron chi connectivity index (χ3n) is 6.05. The topological polar surface area (TPSA) is 95.7 Å². The Kier molecular flexibility index (Phi) is 7.36. The number of hydrogen-bond acceptors (Lipinski definition) is 4. The molecule has 8 heteroatoms. The number of aromatic nitrogens is 2. The number of anilines is 1. The summed E-state index contributed by atoms with van der Waals surface area (Å²) in [4.78, 5) is 29.3. The molecule has 2 aromatic heterocycles. The summed E-state index contributed by atoms with van der Waals surface area (Å²) < 4.78 is 1.87. The minimum atomic E-state index is -1.05. The van der Waals surface area contributed by atoms with Gasteiger partial charge >= 0.3 is 5.97 Å². The molecule has 4 aromatic rings. The highest BCUT2D eigenvalue weighted by atomic mass is 35.5. The van der Waals surface area contributed by atoms with E-state index in [1.807, 2.05) is 59.9 Å². The highest BCUT2D eigenvalue weighted by Gasteiger charge is 2.26. The summed E-state index contributed by atoms with van der Waals surface area (Å²) in [7, 11) is 0. The van der Waals surface area contributed by atoms with Crippen molar-refractivity contribution in [3.05, 3.63) is 89.1 Å². The van der Waals surface area contributed by atoms with Crippen LogP contribution in [0.1, 0.15) is 36.2 Å².